The molecule has 3 amide bonds. The lowest BCUT2D eigenvalue weighted by molar-refractivity contribution is 0.0966. The zero-order valence-electron chi connectivity index (χ0n) is 7.50. The van der Waals surface area contributed by atoms with Crippen LogP contribution in [-0.4, -0.2) is 11.9 Å². The molecule has 0 atom stereocenters. The minimum absolute atomic E-state index is 0.241. The van der Waals surface area contributed by atoms with E-state index in [-0.39, 0.29) is 5.56 Å². The molecule has 3 N–H and O–H groups in total. The second kappa shape index (κ2) is 4.11. The number of amides is 3. The van der Waals surface area contributed by atoms with E-state index in [0.29, 0.717) is 5.02 Å². The summed E-state index contributed by atoms with van der Waals surface area (Å²) in [6, 6.07) is 4.07. The van der Waals surface area contributed by atoms with Gasteiger partial charge in [-0.3, -0.25) is 10.1 Å². The van der Waals surface area contributed by atoms with Crippen LogP contribution in [0.4, 0.5) is 4.79 Å². The van der Waals surface area contributed by atoms with Gasteiger partial charge in [0.1, 0.15) is 0 Å². The van der Waals surface area contributed by atoms with Crippen molar-refractivity contribution in [3.05, 3.63) is 34.3 Å². The van der Waals surface area contributed by atoms with Gasteiger partial charge in [0.15, 0.2) is 0 Å². The molecular formula is C9H9ClN2O2. The van der Waals surface area contributed by atoms with Crippen LogP contribution in [0.5, 0.6) is 0 Å². The molecule has 14 heavy (non-hydrogen) atoms. The minimum Gasteiger partial charge on any atom is -0.351 e. The van der Waals surface area contributed by atoms with E-state index in [1.165, 1.54) is 6.07 Å². The largest absolute Gasteiger partial charge is 0.351 e. The molecule has 1 rings (SSSR count). The lowest BCUT2D eigenvalue weighted by atomic mass is 10.1. The first-order valence-corrected chi connectivity index (χ1v) is 4.26. The van der Waals surface area contributed by atoms with E-state index in [0.717, 1.165) is 5.56 Å². The summed E-state index contributed by atoms with van der Waals surface area (Å²) in [5, 5.41) is 2.27. The second-order valence-electron chi connectivity index (χ2n) is 2.75. The van der Waals surface area contributed by atoms with E-state index in [2.05, 4.69) is 0 Å². The van der Waals surface area contributed by atoms with Crippen LogP contribution in [0, 0.1) is 6.92 Å². The van der Waals surface area contributed by atoms with E-state index in [4.69, 9.17) is 17.3 Å². The lowest BCUT2D eigenvalue weighted by Gasteiger charge is -2.04. The number of hydrogen-bond acceptors (Lipinski definition) is 2. The fourth-order valence-electron chi connectivity index (χ4n) is 1.00. The highest BCUT2D eigenvalue weighted by atomic mass is 35.5. The fourth-order valence-corrected chi connectivity index (χ4v) is 1.21. The molecule has 0 spiro atoms. The summed E-state index contributed by atoms with van der Waals surface area (Å²) in [7, 11) is 0. The zero-order valence-corrected chi connectivity index (χ0v) is 8.26. The third-order valence-corrected chi connectivity index (χ3v) is 2.17. The number of primary amides is 1. The molecule has 1 aromatic rings. The SMILES string of the molecule is Cc1cccc(C(=O)NC(N)=O)c1Cl. The Morgan fingerprint density at radius 3 is 2.64 bits per heavy atom. The maximum absolute atomic E-state index is 11.3. The maximum Gasteiger partial charge on any atom is 0.319 e. The van der Waals surface area contributed by atoms with Crippen molar-refractivity contribution in [3.63, 3.8) is 0 Å². The first kappa shape index (κ1) is 10.5. The maximum atomic E-state index is 11.3. The molecule has 1 aromatic carbocycles. The zero-order chi connectivity index (χ0) is 10.7. The van der Waals surface area contributed by atoms with Gasteiger partial charge in [-0.2, -0.15) is 0 Å². The quantitative estimate of drug-likeness (QED) is 0.740. The third kappa shape index (κ3) is 2.23. The van der Waals surface area contributed by atoms with Gasteiger partial charge in [0.2, 0.25) is 0 Å². The summed E-state index contributed by atoms with van der Waals surface area (Å²) in [6.07, 6.45) is 0. The highest BCUT2D eigenvalue weighted by Gasteiger charge is 2.12. The van der Waals surface area contributed by atoms with E-state index >= 15 is 0 Å². The molecule has 0 bridgehead atoms. The molecule has 0 aromatic heterocycles. The van der Waals surface area contributed by atoms with E-state index in [1.807, 2.05) is 5.32 Å². The minimum atomic E-state index is -0.896. The Bertz CT molecular complexity index is 390. The van der Waals surface area contributed by atoms with Crippen molar-refractivity contribution in [2.45, 2.75) is 6.92 Å². The van der Waals surface area contributed by atoms with Gasteiger partial charge in [-0.25, -0.2) is 4.79 Å². The number of carbonyl (C=O) groups is 2. The molecular weight excluding hydrogens is 204 g/mol. The number of imide groups is 1. The third-order valence-electron chi connectivity index (χ3n) is 1.67. The van der Waals surface area contributed by atoms with Crippen molar-refractivity contribution in [3.8, 4) is 0 Å². The number of nitrogens with one attached hydrogen (secondary N) is 1. The first-order chi connectivity index (χ1) is 6.52. The van der Waals surface area contributed by atoms with Crippen LogP contribution in [0.25, 0.3) is 0 Å². The lowest BCUT2D eigenvalue weighted by Crippen LogP contribution is -2.35. The standard InChI is InChI=1S/C9H9ClN2O2/c1-5-3-2-4-6(7(5)10)8(13)12-9(11)14/h2-4H,1H3,(H3,11,12,13,14). The Balaban J connectivity index is 3.01. The fraction of sp³-hybridized carbons (Fsp3) is 0.111. The van der Waals surface area contributed by atoms with E-state index < -0.39 is 11.9 Å². The number of benzene rings is 1. The molecule has 0 aliphatic heterocycles. The monoisotopic (exact) mass is 212 g/mol. The molecule has 74 valence electrons. The predicted octanol–water partition coefficient (Wildman–Crippen LogP) is 1.46. The Morgan fingerprint density at radius 2 is 2.07 bits per heavy atom. The summed E-state index contributed by atoms with van der Waals surface area (Å²) in [4.78, 5) is 21.8. The molecule has 0 aliphatic carbocycles. The second-order valence-corrected chi connectivity index (χ2v) is 3.13. The van der Waals surface area contributed by atoms with Crippen molar-refractivity contribution in [2.75, 3.05) is 0 Å². The Labute approximate surface area is 86.0 Å². The average Bonchev–Trinajstić information content (AvgIpc) is 2.08. The van der Waals surface area contributed by atoms with Crippen LogP contribution < -0.4 is 11.1 Å². The van der Waals surface area contributed by atoms with Crippen LogP contribution >= 0.6 is 11.6 Å². The molecule has 0 aliphatic rings. The van der Waals surface area contributed by atoms with Crippen molar-refractivity contribution in [2.24, 2.45) is 5.73 Å². The van der Waals surface area contributed by atoms with Crippen LogP contribution in [0.2, 0.25) is 5.02 Å². The van der Waals surface area contributed by atoms with Gasteiger partial charge in [-0.05, 0) is 18.6 Å². The molecule has 0 fully saturated rings. The Morgan fingerprint density at radius 1 is 1.43 bits per heavy atom. The van der Waals surface area contributed by atoms with Crippen molar-refractivity contribution in [1.82, 2.24) is 5.32 Å². The van der Waals surface area contributed by atoms with Gasteiger partial charge < -0.3 is 5.73 Å². The number of carbonyl (C=O) groups excluding carboxylic acids is 2. The molecule has 4 nitrogen and oxygen atoms in total. The summed E-state index contributed by atoms with van der Waals surface area (Å²) in [5.74, 6) is -0.591. The predicted molar refractivity (Wildman–Crippen MR) is 53.2 cm³/mol. The molecule has 0 saturated heterocycles. The highest BCUT2D eigenvalue weighted by molar-refractivity contribution is 6.34. The Hall–Kier alpha value is -1.55. The summed E-state index contributed by atoms with van der Waals surface area (Å²) in [5.41, 5.74) is 5.81. The number of halogens is 1. The van der Waals surface area contributed by atoms with Crippen molar-refractivity contribution >= 4 is 23.5 Å². The first-order valence-electron chi connectivity index (χ1n) is 3.88. The molecule has 5 heteroatoms. The van der Waals surface area contributed by atoms with Crippen LogP contribution in [-0.2, 0) is 0 Å². The summed E-state index contributed by atoms with van der Waals surface area (Å²) < 4.78 is 0. The summed E-state index contributed by atoms with van der Waals surface area (Å²) >= 11 is 5.86. The molecule has 0 saturated carbocycles. The molecule has 0 radical (unpaired) electrons. The van der Waals surface area contributed by atoms with Crippen LogP contribution in [0.15, 0.2) is 18.2 Å². The normalized spacial score (nSPS) is 9.57. The smallest absolute Gasteiger partial charge is 0.319 e. The average molecular weight is 213 g/mol. The van der Waals surface area contributed by atoms with Gasteiger partial charge in [0.05, 0.1) is 10.6 Å². The van der Waals surface area contributed by atoms with Crippen LogP contribution in [0.1, 0.15) is 15.9 Å². The van der Waals surface area contributed by atoms with Crippen LogP contribution in [0.3, 0.4) is 0 Å². The molecule has 0 unspecified atom stereocenters. The van der Waals surface area contributed by atoms with Gasteiger partial charge in [0, 0.05) is 0 Å². The summed E-state index contributed by atoms with van der Waals surface area (Å²) in [6.45, 7) is 1.77. The van der Waals surface area contributed by atoms with E-state index in [9.17, 15) is 9.59 Å². The number of rotatable bonds is 1. The van der Waals surface area contributed by atoms with Gasteiger partial charge in [-0.15, -0.1) is 0 Å². The number of hydrogen-bond donors (Lipinski definition) is 2. The highest BCUT2D eigenvalue weighted by Crippen LogP contribution is 2.19. The van der Waals surface area contributed by atoms with Gasteiger partial charge >= 0.3 is 6.03 Å². The number of aryl methyl sites for hydroxylation is 1. The van der Waals surface area contributed by atoms with E-state index in [1.54, 1.807) is 19.1 Å². The van der Waals surface area contributed by atoms with Gasteiger partial charge in [-0.1, -0.05) is 23.7 Å². The number of nitrogens with two attached hydrogens (primary N) is 1. The Kier molecular flexibility index (Phi) is 3.09. The van der Waals surface area contributed by atoms with Crippen molar-refractivity contribution < 1.29 is 9.59 Å². The topological polar surface area (TPSA) is 72.2 Å². The van der Waals surface area contributed by atoms with Gasteiger partial charge in [0.25, 0.3) is 5.91 Å². The van der Waals surface area contributed by atoms with Crippen molar-refractivity contribution in [1.29, 1.82) is 0 Å². The molecule has 0 heterocycles. The number of urea groups is 1.